The van der Waals surface area contributed by atoms with Crippen molar-refractivity contribution in [2.45, 2.75) is 18.4 Å². The van der Waals surface area contributed by atoms with Crippen LogP contribution in [0.2, 0.25) is 0 Å². The third kappa shape index (κ3) is 1.49. The second-order valence-corrected chi connectivity index (χ2v) is 2.29. The molecule has 1 aliphatic rings. The lowest BCUT2D eigenvalue weighted by Crippen LogP contribution is -2.43. The normalized spacial score (nSPS) is 29.7. The van der Waals surface area contributed by atoms with E-state index < -0.39 is 11.5 Å². The van der Waals surface area contributed by atoms with Gasteiger partial charge >= 0.3 is 5.97 Å². The standard InChI is InChI=1S/C6H9NO2.ClH/c7-6(5(8)9)3-1-2-4-6;/h1,3H,2,4,7H2,(H,8,9);1H. The molecule has 0 heterocycles. The quantitative estimate of drug-likeness (QED) is 0.555. The Kier molecular flexibility index (Phi) is 2.87. The van der Waals surface area contributed by atoms with E-state index in [-0.39, 0.29) is 12.4 Å². The van der Waals surface area contributed by atoms with Crippen molar-refractivity contribution in [1.29, 1.82) is 0 Å². The molecule has 0 fully saturated rings. The molecule has 0 amide bonds. The molecular weight excluding hydrogens is 154 g/mol. The topological polar surface area (TPSA) is 63.3 Å². The minimum atomic E-state index is -1.07. The van der Waals surface area contributed by atoms with E-state index in [4.69, 9.17) is 10.8 Å². The van der Waals surface area contributed by atoms with Crippen LogP contribution in [0.25, 0.3) is 0 Å². The van der Waals surface area contributed by atoms with E-state index in [0.717, 1.165) is 6.42 Å². The minimum Gasteiger partial charge on any atom is -0.480 e. The van der Waals surface area contributed by atoms with Crippen LogP contribution in [0.3, 0.4) is 0 Å². The molecule has 0 spiro atoms. The molecule has 0 saturated carbocycles. The predicted molar refractivity (Wildman–Crippen MR) is 40.2 cm³/mol. The first-order chi connectivity index (χ1) is 4.15. The molecule has 1 aliphatic carbocycles. The molecule has 0 aromatic carbocycles. The Morgan fingerprint density at radius 1 is 1.70 bits per heavy atom. The zero-order valence-corrected chi connectivity index (χ0v) is 6.23. The first-order valence-electron chi connectivity index (χ1n) is 2.85. The number of carboxylic acids is 1. The van der Waals surface area contributed by atoms with Crippen LogP contribution in [-0.2, 0) is 4.79 Å². The molecule has 10 heavy (non-hydrogen) atoms. The summed E-state index contributed by atoms with van der Waals surface area (Å²) in [6.45, 7) is 0. The first-order valence-corrected chi connectivity index (χ1v) is 2.85. The Morgan fingerprint density at radius 2 is 2.30 bits per heavy atom. The molecule has 4 heteroatoms. The summed E-state index contributed by atoms with van der Waals surface area (Å²) in [5, 5.41) is 8.50. The lowest BCUT2D eigenvalue weighted by atomic mass is 10.0. The van der Waals surface area contributed by atoms with E-state index in [1.165, 1.54) is 0 Å². The number of rotatable bonds is 1. The maximum absolute atomic E-state index is 10.3. The SMILES string of the molecule is Cl.NC1(C(=O)O)C=CCC1. The van der Waals surface area contributed by atoms with Crippen LogP contribution in [0.4, 0.5) is 0 Å². The first kappa shape index (κ1) is 9.46. The van der Waals surface area contributed by atoms with Crippen molar-refractivity contribution in [3.05, 3.63) is 12.2 Å². The van der Waals surface area contributed by atoms with E-state index >= 15 is 0 Å². The number of nitrogens with two attached hydrogens (primary N) is 1. The summed E-state index contributed by atoms with van der Waals surface area (Å²) >= 11 is 0. The van der Waals surface area contributed by atoms with Crippen molar-refractivity contribution in [3.63, 3.8) is 0 Å². The van der Waals surface area contributed by atoms with E-state index in [2.05, 4.69) is 0 Å². The van der Waals surface area contributed by atoms with Gasteiger partial charge in [-0.15, -0.1) is 12.4 Å². The largest absolute Gasteiger partial charge is 0.480 e. The van der Waals surface area contributed by atoms with Crippen LogP contribution in [0, 0.1) is 0 Å². The molecule has 0 radical (unpaired) electrons. The monoisotopic (exact) mass is 163 g/mol. The summed E-state index contributed by atoms with van der Waals surface area (Å²) in [7, 11) is 0. The predicted octanol–water partition coefficient (Wildman–Crippen LogP) is 0.540. The van der Waals surface area contributed by atoms with Gasteiger partial charge in [-0.1, -0.05) is 12.2 Å². The van der Waals surface area contributed by atoms with Crippen molar-refractivity contribution in [2.24, 2.45) is 5.73 Å². The Morgan fingerprint density at radius 3 is 2.50 bits per heavy atom. The van der Waals surface area contributed by atoms with Crippen molar-refractivity contribution < 1.29 is 9.90 Å². The van der Waals surface area contributed by atoms with E-state index in [0.29, 0.717) is 6.42 Å². The molecule has 3 nitrogen and oxygen atoms in total. The van der Waals surface area contributed by atoms with Gasteiger partial charge in [-0.25, -0.2) is 4.79 Å². The molecule has 1 rings (SSSR count). The molecule has 58 valence electrons. The highest BCUT2D eigenvalue weighted by Crippen LogP contribution is 2.19. The maximum Gasteiger partial charge on any atom is 0.327 e. The van der Waals surface area contributed by atoms with Gasteiger partial charge in [0.05, 0.1) is 0 Å². The van der Waals surface area contributed by atoms with Gasteiger partial charge in [0.25, 0.3) is 0 Å². The number of hydrogen-bond donors (Lipinski definition) is 2. The van der Waals surface area contributed by atoms with Crippen molar-refractivity contribution >= 4 is 18.4 Å². The molecule has 0 aromatic rings. The summed E-state index contributed by atoms with van der Waals surface area (Å²) in [5.41, 5.74) is 4.35. The summed E-state index contributed by atoms with van der Waals surface area (Å²) in [6, 6.07) is 0. The van der Waals surface area contributed by atoms with Crippen LogP contribution < -0.4 is 5.73 Å². The molecule has 0 bridgehead atoms. The number of allylic oxidation sites excluding steroid dienone is 1. The lowest BCUT2D eigenvalue weighted by molar-refractivity contribution is -0.141. The maximum atomic E-state index is 10.3. The summed E-state index contributed by atoms with van der Waals surface area (Å²) in [6.07, 6.45) is 4.66. The van der Waals surface area contributed by atoms with Gasteiger partial charge < -0.3 is 10.8 Å². The van der Waals surface area contributed by atoms with E-state index in [1.54, 1.807) is 12.2 Å². The molecule has 1 atom stereocenters. The van der Waals surface area contributed by atoms with Crippen molar-refractivity contribution in [3.8, 4) is 0 Å². The van der Waals surface area contributed by atoms with Gasteiger partial charge in [-0.3, -0.25) is 0 Å². The molecule has 0 aliphatic heterocycles. The zero-order valence-electron chi connectivity index (χ0n) is 5.41. The Bertz CT molecular complexity index is 169. The average Bonchev–Trinajstić information content (AvgIpc) is 2.16. The summed E-state index contributed by atoms with van der Waals surface area (Å²) in [5.74, 6) is -0.934. The number of halogens is 1. The fourth-order valence-corrected chi connectivity index (χ4v) is 0.877. The Balaban J connectivity index is 0.000000810. The van der Waals surface area contributed by atoms with Crippen LogP contribution in [0.1, 0.15) is 12.8 Å². The van der Waals surface area contributed by atoms with Crippen LogP contribution in [0.15, 0.2) is 12.2 Å². The van der Waals surface area contributed by atoms with Crippen LogP contribution >= 0.6 is 12.4 Å². The Labute approximate surface area is 65.3 Å². The average molecular weight is 164 g/mol. The third-order valence-electron chi connectivity index (χ3n) is 1.54. The van der Waals surface area contributed by atoms with E-state index in [9.17, 15) is 4.79 Å². The number of carbonyl (C=O) groups is 1. The van der Waals surface area contributed by atoms with Gasteiger partial charge in [0.2, 0.25) is 0 Å². The molecular formula is C6H10ClNO2. The van der Waals surface area contributed by atoms with Crippen LogP contribution in [-0.4, -0.2) is 16.6 Å². The zero-order chi connectivity index (χ0) is 6.91. The van der Waals surface area contributed by atoms with Gasteiger partial charge in [0.15, 0.2) is 0 Å². The second kappa shape index (κ2) is 3.03. The molecule has 0 saturated heterocycles. The number of aliphatic carboxylic acids is 1. The molecule has 0 aromatic heterocycles. The summed E-state index contributed by atoms with van der Waals surface area (Å²) < 4.78 is 0. The fourth-order valence-electron chi connectivity index (χ4n) is 0.877. The van der Waals surface area contributed by atoms with Gasteiger partial charge in [-0.2, -0.15) is 0 Å². The van der Waals surface area contributed by atoms with Gasteiger partial charge in [-0.05, 0) is 12.8 Å². The highest BCUT2D eigenvalue weighted by atomic mass is 35.5. The van der Waals surface area contributed by atoms with Gasteiger partial charge in [0, 0.05) is 0 Å². The molecule has 1 unspecified atom stereocenters. The highest BCUT2D eigenvalue weighted by Gasteiger charge is 2.32. The molecule has 3 N–H and O–H groups in total. The van der Waals surface area contributed by atoms with E-state index in [1.807, 2.05) is 0 Å². The highest BCUT2D eigenvalue weighted by molar-refractivity contribution is 5.85. The van der Waals surface area contributed by atoms with Crippen LogP contribution in [0.5, 0.6) is 0 Å². The number of carboxylic acid groups (broad SMARTS) is 1. The van der Waals surface area contributed by atoms with Crippen molar-refractivity contribution in [2.75, 3.05) is 0 Å². The van der Waals surface area contributed by atoms with Crippen molar-refractivity contribution in [1.82, 2.24) is 0 Å². The number of hydrogen-bond acceptors (Lipinski definition) is 2. The minimum absolute atomic E-state index is 0. The second-order valence-electron chi connectivity index (χ2n) is 2.29. The Hall–Kier alpha value is -0.540. The third-order valence-corrected chi connectivity index (χ3v) is 1.54. The van der Waals surface area contributed by atoms with Gasteiger partial charge in [0.1, 0.15) is 5.54 Å². The lowest BCUT2D eigenvalue weighted by Gasteiger charge is -2.13. The summed E-state index contributed by atoms with van der Waals surface area (Å²) in [4.78, 5) is 10.3. The smallest absolute Gasteiger partial charge is 0.327 e. The fraction of sp³-hybridized carbons (Fsp3) is 0.500.